The SMILES string of the molecule is Cc1noc(-c2ccccc2OCC(=O)NC(C)c2ccc(Cl)cc2)n1. The van der Waals surface area contributed by atoms with Crippen LogP contribution in [0, 0.1) is 6.92 Å². The van der Waals surface area contributed by atoms with Gasteiger partial charge in [0.15, 0.2) is 12.4 Å². The third-order valence-electron chi connectivity index (χ3n) is 3.75. The molecule has 3 rings (SSSR count). The van der Waals surface area contributed by atoms with Crippen LogP contribution in [0.1, 0.15) is 24.4 Å². The Balaban J connectivity index is 1.62. The minimum Gasteiger partial charge on any atom is -0.483 e. The number of carbonyl (C=O) groups is 1. The zero-order valence-corrected chi connectivity index (χ0v) is 15.2. The number of benzene rings is 2. The second-order valence-electron chi connectivity index (χ2n) is 5.77. The summed E-state index contributed by atoms with van der Waals surface area (Å²) in [5.74, 6) is 1.16. The fourth-order valence-electron chi connectivity index (χ4n) is 2.44. The Kier molecular flexibility index (Phi) is 5.53. The third-order valence-corrected chi connectivity index (χ3v) is 4.00. The largest absolute Gasteiger partial charge is 0.483 e. The molecule has 6 nitrogen and oxygen atoms in total. The van der Waals surface area contributed by atoms with Crippen LogP contribution >= 0.6 is 11.6 Å². The van der Waals surface area contributed by atoms with Gasteiger partial charge in [-0.25, -0.2) is 0 Å². The van der Waals surface area contributed by atoms with E-state index < -0.39 is 0 Å². The number of ether oxygens (including phenoxy) is 1. The van der Waals surface area contributed by atoms with Crippen LogP contribution in [0.3, 0.4) is 0 Å². The molecule has 1 amide bonds. The zero-order valence-electron chi connectivity index (χ0n) is 14.4. The lowest BCUT2D eigenvalue weighted by molar-refractivity contribution is -0.123. The number of halogens is 1. The fraction of sp³-hybridized carbons (Fsp3) is 0.211. The van der Waals surface area contributed by atoms with Gasteiger partial charge in [-0.2, -0.15) is 4.98 Å². The van der Waals surface area contributed by atoms with Gasteiger partial charge < -0.3 is 14.6 Å². The molecule has 134 valence electrons. The first-order chi connectivity index (χ1) is 12.5. The lowest BCUT2D eigenvalue weighted by atomic mass is 10.1. The van der Waals surface area contributed by atoms with Crippen LogP contribution in [0.4, 0.5) is 0 Å². The molecule has 1 heterocycles. The van der Waals surface area contributed by atoms with Crippen LogP contribution < -0.4 is 10.1 Å². The van der Waals surface area contributed by atoms with Gasteiger partial charge in [0.1, 0.15) is 5.75 Å². The van der Waals surface area contributed by atoms with E-state index in [1.165, 1.54) is 0 Å². The zero-order chi connectivity index (χ0) is 18.5. The average Bonchev–Trinajstić information content (AvgIpc) is 3.07. The highest BCUT2D eigenvalue weighted by atomic mass is 35.5. The van der Waals surface area contributed by atoms with Crippen LogP contribution in [-0.2, 0) is 4.79 Å². The van der Waals surface area contributed by atoms with Crippen LogP contribution in [0.25, 0.3) is 11.5 Å². The smallest absolute Gasteiger partial charge is 0.261 e. The Morgan fingerprint density at radius 1 is 1.23 bits per heavy atom. The van der Waals surface area contributed by atoms with Gasteiger partial charge in [-0.15, -0.1) is 0 Å². The molecule has 2 aromatic carbocycles. The molecular formula is C19H18ClN3O3. The molecule has 0 saturated carbocycles. The van der Waals surface area contributed by atoms with Crippen molar-refractivity contribution in [1.29, 1.82) is 0 Å². The van der Waals surface area contributed by atoms with Crippen molar-refractivity contribution in [2.75, 3.05) is 6.61 Å². The number of nitrogens with one attached hydrogen (secondary N) is 1. The van der Waals surface area contributed by atoms with Crippen molar-refractivity contribution < 1.29 is 14.1 Å². The Hall–Kier alpha value is -2.86. The summed E-state index contributed by atoms with van der Waals surface area (Å²) < 4.78 is 10.8. The van der Waals surface area contributed by atoms with Gasteiger partial charge >= 0.3 is 0 Å². The van der Waals surface area contributed by atoms with Gasteiger partial charge in [-0.1, -0.05) is 41.0 Å². The molecule has 1 unspecified atom stereocenters. The summed E-state index contributed by atoms with van der Waals surface area (Å²) in [7, 11) is 0. The summed E-state index contributed by atoms with van der Waals surface area (Å²) in [5.41, 5.74) is 1.61. The van der Waals surface area contributed by atoms with E-state index in [1.807, 2.05) is 31.2 Å². The highest BCUT2D eigenvalue weighted by molar-refractivity contribution is 6.30. The first-order valence-corrected chi connectivity index (χ1v) is 8.48. The second kappa shape index (κ2) is 8.01. The van der Waals surface area contributed by atoms with Crippen LogP contribution in [0.15, 0.2) is 53.1 Å². The summed E-state index contributed by atoms with van der Waals surface area (Å²) in [5, 5.41) is 7.32. The van der Waals surface area contributed by atoms with Gasteiger partial charge in [-0.05, 0) is 43.7 Å². The molecule has 0 saturated heterocycles. The second-order valence-corrected chi connectivity index (χ2v) is 6.21. The molecule has 1 N–H and O–H groups in total. The van der Waals surface area contributed by atoms with Crippen LogP contribution in [0.5, 0.6) is 5.75 Å². The maximum atomic E-state index is 12.2. The molecule has 0 spiro atoms. The highest BCUT2D eigenvalue weighted by Gasteiger charge is 2.15. The van der Waals surface area contributed by atoms with Crippen molar-refractivity contribution in [3.63, 3.8) is 0 Å². The lowest BCUT2D eigenvalue weighted by Crippen LogP contribution is -2.31. The quantitative estimate of drug-likeness (QED) is 0.709. The van der Waals surface area contributed by atoms with Crippen molar-refractivity contribution in [2.45, 2.75) is 19.9 Å². The fourth-order valence-corrected chi connectivity index (χ4v) is 2.56. The summed E-state index contributed by atoms with van der Waals surface area (Å²) >= 11 is 5.88. The number of hydrogen-bond donors (Lipinski definition) is 1. The predicted molar refractivity (Wildman–Crippen MR) is 98.0 cm³/mol. The number of para-hydroxylation sites is 1. The van der Waals surface area contributed by atoms with Gasteiger partial charge in [0, 0.05) is 5.02 Å². The van der Waals surface area contributed by atoms with E-state index in [0.29, 0.717) is 28.1 Å². The minimum atomic E-state index is -0.232. The van der Waals surface area contributed by atoms with Gasteiger partial charge in [0.05, 0.1) is 11.6 Å². The van der Waals surface area contributed by atoms with Gasteiger partial charge in [-0.3, -0.25) is 4.79 Å². The standard InChI is InChI=1S/C19H18ClN3O3/c1-12(14-7-9-15(20)10-8-14)21-18(24)11-25-17-6-4-3-5-16(17)19-22-13(2)23-26-19/h3-10,12H,11H2,1-2H3,(H,21,24). The van der Waals surface area contributed by atoms with E-state index in [0.717, 1.165) is 5.56 Å². The van der Waals surface area contributed by atoms with E-state index in [9.17, 15) is 4.79 Å². The van der Waals surface area contributed by atoms with Crippen molar-refractivity contribution in [3.8, 4) is 17.2 Å². The first kappa shape index (κ1) is 17.9. The molecule has 0 aliphatic carbocycles. The number of rotatable bonds is 6. The molecule has 0 aliphatic rings. The number of carbonyl (C=O) groups excluding carboxylic acids is 1. The highest BCUT2D eigenvalue weighted by Crippen LogP contribution is 2.28. The summed E-state index contributed by atoms with van der Waals surface area (Å²) in [6, 6.07) is 14.4. The molecule has 0 radical (unpaired) electrons. The number of hydrogen-bond acceptors (Lipinski definition) is 5. The monoisotopic (exact) mass is 371 g/mol. The Bertz CT molecular complexity index is 893. The molecule has 26 heavy (non-hydrogen) atoms. The summed E-state index contributed by atoms with van der Waals surface area (Å²) in [6.45, 7) is 3.51. The number of aromatic nitrogens is 2. The van der Waals surface area contributed by atoms with E-state index in [4.69, 9.17) is 20.9 Å². The number of nitrogens with zero attached hydrogens (tertiary/aromatic N) is 2. The molecule has 7 heteroatoms. The average molecular weight is 372 g/mol. The molecule has 0 fully saturated rings. The van der Waals surface area contributed by atoms with E-state index in [2.05, 4.69) is 15.5 Å². The molecule has 1 atom stereocenters. The normalized spacial score (nSPS) is 11.8. The van der Waals surface area contributed by atoms with E-state index >= 15 is 0 Å². The number of aryl methyl sites for hydroxylation is 1. The summed E-state index contributed by atoms with van der Waals surface area (Å²) in [4.78, 5) is 16.4. The van der Waals surface area contributed by atoms with Gasteiger partial charge in [0.2, 0.25) is 0 Å². The molecule has 0 bridgehead atoms. The predicted octanol–water partition coefficient (Wildman–Crippen LogP) is 3.95. The third kappa shape index (κ3) is 4.40. The minimum absolute atomic E-state index is 0.123. The molecular weight excluding hydrogens is 354 g/mol. The Morgan fingerprint density at radius 3 is 2.65 bits per heavy atom. The van der Waals surface area contributed by atoms with Crippen LogP contribution in [-0.4, -0.2) is 22.7 Å². The molecule has 0 aliphatic heterocycles. The maximum Gasteiger partial charge on any atom is 0.261 e. The van der Waals surface area contributed by atoms with Gasteiger partial charge in [0.25, 0.3) is 11.8 Å². The van der Waals surface area contributed by atoms with Crippen molar-refractivity contribution in [3.05, 3.63) is 64.9 Å². The number of amides is 1. The molecule has 3 aromatic rings. The summed E-state index contributed by atoms with van der Waals surface area (Å²) in [6.07, 6.45) is 0. The first-order valence-electron chi connectivity index (χ1n) is 8.10. The van der Waals surface area contributed by atoms with Crippen molar-refractivity contribution >= 4 is 17.5 Å². The van der Waals surface area contributed by atoms with Crippen molar-refractivity contribution in [2.24, 2.45) is 0 Å². The maximum absolute atomic E-state index is 12.2. The lowest BCUT2D eigenvalue weighted by Gasteiger charge is -2.15. The van der Waals surface area contributed by atoms with E-state index in [1.54, 1.807) is 31.2 Å². The van der Waals surface area contributed by atoms with Crippen LogP contribution in [0.2, 0.25) is 5.02 Å². The Morgan fingerprint density at radius 2 is 1.96 bits per heavy atom. The van der Waals surface area contributed by atoms with E-state index in [-0.39, 0.29) is 18.6 Å². The Labute approximate surface area is 156 Å². The topological polar surface area (TPSA) is 77.2 Å². The molecule has 1 aromatic heterocycles. The van der Waals surface area contributed by atoms with Crippen molar-refractivity contribution in [1.82, 2.24) is 15.5 Å².